The molecule has 0 aliphatic carbocycles. The molecule has 0 aromatic carbocycles. The minimum Gasteiger partial charge on any atom is -0.396 e. The van der Waals surface area contributed by atoms with Gasteiger partial charge in [-0.15, -0.1) is 0 Å². The highest BCUT2D eigenvalue weighted by molar-refractivity contribution is 4.76. The fourth-order valence-corrected chi connectivity index (χ4v) is 1.53. The predicted molar refractivity (Wildman–Crippen MR) is 50.2 cm³/mol. The number of aliphatic hydroxyl groups excluding tert-OH is 2. The second-order valence-corrected chi connectivity index (χ2v) is 3.24. The van der Waals surface area contributed by atoms with Gasteiger partial charge in [-0.1, -0.05) is 0 Å². The van der Waals surface area contributed by atoms with Crippen molar-refractivity contribution in [1.29, 1.82) is 0 Å². The highest BCUT2D eigenvalue weighted by atomic mass is 16.3. The van der Waals surface area contributed by atoms with E-state index in [4.69, 9.17) is 10.2 Å². The quantitative estimate of drug-likeness (QED) is 0.408. The number of piperazine rings is 1. The lowest BCUT2D eigenvalue weighted by Crippen LogP contribution is -2.56. The molecule has 1 aliphatic heterocycles. The molecule has 78 valence electrons. The Hall–Kier alpha value is -0.200. The first-order valence-corrected chi connectivity index (χ1v) is 4.80. The lowest BCUT2D eigenvalue weighted by Gasteiger charge is -2.33. The number of hydrogen-bond acceptors (Lipinski definition) is 5. The minimum atomic E-state index is 0.161. The van der Waals surface area contributed by atoms with Crippen LogP contribution >= 0.6 is 0 Å². The fourth-order valence-electron chi connectivity index (χ4n) is 1.53. The number of hydrogen-bond donors (Lipinski definition) is 4. The van der Waals surface area contributed by atoms with Crippen LogP contribution in [0.4, 0.5) is 0 Å². The Morgan fingerprint density at radius 3 is 2.92 bits per heavy atom. The Morgan fingerprint density at radius 1 is 1.38 bits per heavy atom. The van der Waals surface area contributed by atoms with Gasteiger partial charge in [-0.3, -0.25) is 5.43 Å². The van der Waals surface area contributed by atoms with Gasteiger partial charge in [-0.25, -0.2) is 5.01 Å². The minimum absolute atomic E-state index is 0.161. The zero-order valence-electron chi connectivity index (χ0n) is 7.87. The van der Waals surface area contributed by atoms with Gasteiger partial charge in [0.05, 0.1) is 6.61 Å². The average Bonchev–Trinajstić information content (AvgIpc) is 2.16. The average molecular weight is 189 g/mol. The summed E-state index contributed by atoms with van der Waals surface area (Å²) in [5.41, 5.74) is 3.12. The Kier molecular flexibility index (Phi) is 5.26. The van der Waals surface area contributed by atoms with E-state index in [1.807, 2.05) is 0 Å². The number of aliphatic hydroxyl groups is 2. The van der Waals surface area contributed by atoms with E-state index in [0.29, 0.717) is 12.6 Å². The van der Waals surface area contributed by atoms with E-state index in [-0.39, 0.29) is 13.2 Å². The molecule has 5 nitrogen and oxygen atoms in total. The Balaban J connectivity index is 2.16. The van der Waals surface area contributed by atoms with Crippen LogP contribution in [-0.2, 0) is 0 Å². The molecular weight excluding hydrogens is 170 g/mol. The smallest absolute Gasteiger partial charge is 0.0570 e. The molecule has 1 aliphatic rings. The fraction of sp³-hybridized carbons (Fsp3) is 1.00. The van der Waals surface area contributed by atoms with E-state index < -0.39 is 0 Å². The van der Waals surface area contributed by atoms with Gasteiger partial charge in [0.2, 0.25) is 0 Å². The van der Waals surface area contributed by atoms with E-state index in [0.717, 1.165) is 26.1 Å². The topological polar surface area (TPSA) is 67.8 Å². The van der Waals surface area contributed by atoms with Gasteiger partial charge < -0.3 is 15.5 Å². The molecular formula is C8H19N3O2. The van der Waals surface area contributed by atoms with Crippen LogP contribution in [0.5, 0.6) is 0 Å². The van der Waals surface area contributed by atoms with Gasteiger partial charge in [0, 0.05) is 38.8 Å². The molecule has 1 heterocycles. The molecule has 1 atom stereocenters. The van der Waals surface area contributed by atoms with Gasteiger partial charge in [0.15, 0.2) is 0 Å². The van der Waals surface area contributed by atoms with Crippen molar-refractivity contribution in [2.75, 3.05) is 39.4 Å². The summed E-state index contributed by atoms with van der Waals surface area (Å²) in [5, 5.41) is 22.8. The normalized spacial score (nSPS) is 24.9. The number of nitrogens with zero attached hydrogens (tertiary/aromatic N) is 1. The summed E-state index contributed by atoms with van der Waals surface area (Å²) in [5.74, 6) is 0. The third-order valence-electron chi connectivity index (χ3n) is 2.18. The first-order valence-electron chi connectivity index (χ1n) is 4.80. The maximum absolute atomic E-state index is 8.76. The summed E-state index contributed by atoms with van der Waals surface area (Å²) in [6.07, 6.45) is 0.789. The Bertz CT molecular complexity index is 133. The van der Waals surface area contributed by atoms with Crippen LogP contribution in [0.2, 0.25) is 0 Å². The van der Waals surface area contributed by atoms with E-state index in [9.17, 15) is 0 Å². The summed E-state index contributed by atoms with van der Waals surface area (Å²) in [6, 6.07) is 0.366. The summed E-state index contributed by atoms with van der Waals surface area (Å²) in [4.78, 5) is 0. The van der Waals surface area contributed by atoms with E-state index >= 15 is 0 Å². The molecule has 0 bridgehead atoms. The molecule has 0 amide bonds. The largest absolute Gasteiger partial charge is 0.396 e. The van der Waals surface area contributed by atoms with E-state index in [2.05, 4.69) is 15.8 Å². The second-order valence-electron chi connectivity index (χ2n) is 3.24. The van der Waals surface area contributed by atoms with Crippen LogP contribution in [-0.4, -0.2) is 60.7 Å². The van der Waals surface area contributed by atoms with Crippen molar-refractivity contribution in [2.24, 2.45) is 0 Å². The molecule has 4 N–H and O–H groups in total. The third-order valence-corrected chi connectivity index (χ3v) is 2.18. The lowest BCUT2D eigenvalue weighted by molar-refractivity contribution is 0.111. The highest BCUT2D eigenvalue weighted by Gasteiger charge is 2.17. The monoisotopic (exact) mass is 189 g/mol. The van der Waals surface area contributed by atoms with Gasteiger partial charge in [-0.05, 0) is 6.42 Å². The molecule has 0 spiro atoms. The molecule has 0 radical (unpaired) electrons. The van der Waals surface area contributed by atoms with Crippen LogP contribution in [0.1, 0.15) is 6.42 Å². The van der Waals surface area contributed by atoms with Crippen molar-refractivity contribution >= 4 is 0 Å². The first kappa shape index (κ1) is 10.9. The van der Waals surface area contributed by atoms with Crippen molar-refractivity contribution in [3.8, 4) is 0 Å². The maximum Gasteiger partial charge on any atom is 0.0570 e. The van der Waals surface area contributed by atoms with Crippen molar-refractivity contribution in [3.63, 3.8) is 0 Å². The van der Waals surface area contributed by atoms with Gasteiger partial charge in [0.25, 0.3) is 0 Å². The summed E-state index contributed by atoms with van der Waals surface area (Å²) < 4.78 is 0. The number of hydrazine groups is 1. The van der Waals surface area contributed by atoms with Crippen molar-refractivity contribution in [2.45, 2.75) is 12.5 Å². The molecule has 13 heavy (non-hydrogen) atoms. The van der Waals surface area contributed by atoms with Crippen LogP contribution in [0.15, 0.2) is 0 Å². The summed E-state index contributed by atoms with van der Waals surface area (Å²) >= 11 is 0. The van der Waals surface area contributed by atoms with Gasteiger partial charge in [-0.2, -0.15) is 0 Å². The van der Waals surface area contributed by atoms with E-state index in [1.54, 1.807) is 0 Å². The van der Waals surface area contributed by atoms with Crippen molar-refractivity contribution in [1.82, 2.24) is 15.8 Å². The molecule has 1 fully saturated rings. The predicted octanol–water partition coefficient (Wildman–Crippen LogP) is -1.86. The standard InChI is InChI=1S/C8H19N3O2/c12-5-1-8-7-11(4-2-9-8)10-3-6-13/h8-10,12-13H,1-7H2. The highest BCUT2D eigenvalue weighted by Crippen LogP contribution is 1.99. The number of rotatable bonds is 5. The van der Waals surface area contributed by atoms with Crippen LogP contribution in [0.3, 0.4) is 0 Å². The molecule has 1 saturated heterocycles. The summed E-state index contributed by atoms with van der Waals surface area (Å²) in [7, 11) is 0. The first-order chi connectivity index (χ1) is 6.36. The zero-order valence-corrected chi connectivity index (χ0v) is 7.87. The molecule has 0 aromatic heterocycles. The van der Waals surface area contributed by atoms with Crippen molar-refractivity contribution < 1.29 is 10.2 Å². The third kappa shape index (κ3) is 4.02. The molecule has 5 heteroatoms. The van der Waals surface area contributed by atoms with Crippen LogP contribution in [0, 0.1) is 0 Å². The van der Waals surface area contributed by atoms with Crippen LogP contribution in [0.25, 0.3) is 0 Å². The lowest BCUT2D eigenvalue weighted by atomic mass is 10.2. The van der Waals surface area contributed by atoms with E-state index in [1.165, 1.54) is 0 Å². The number of nitrogens with one attached hydrogen (secondary N) is 2. The Morgan fingerprint density at radius 2 is 2.23 bits per heavy atom. The molecule has 1 rings (SSSR count). The summed E-state index contributed by atoms with van der Waals surface area (Å²) in [6.45, 7) is 3.76. The molecule has 0 aromatic rings. The Labute approximate surface area is 78.7 Å². The zero-order chi connectivity index (χ0) is 9.52. The van der Waals surface area contributed by atoms with Gasteiger partial charge in [0.1, 0.15) is 0 Å². The van der Waals surface area contributed by atoms with Gasteiger partial charge >= 0.3 is 0 Å². The molecule has 1 unspecified atom stereocenters. The molecule has 0 saturated carbocycles. The maximum atomic E-state index is 8.76. The van der Waals surface area contributed by atoms with Crippen molar-refractivity contribution in [3.05, 3.63) is 0 Å². The SMILES string of the molecule is OCCNN1CCNC(CCO)C1. The van der Waals surface area contributed by atoms with Crippen LogP contribution < -0.4 is 10.7 Å². The second kappa shape index (κ2) is 6.28.